The SMILES string of the molecule is CC(=O)Nc1cccc(-c2nc(C=O)c(C)s2)c1. The highest BCUT2D eigenvalue weighted by Gasteiger charge is 2.09. The number of anilines is 1. The number of rotatable bonds is 3. The van der Waals surface area contributed by atoms with E-state index in [-0.39, 0.29) is 5.91 Å². The normalized spacial score (nSPS) is 10.1. The Morgan fingerprint density at radius 2 is 2.22 bits per heavy atom. The van der Waals surface area contributed by atoms with Gasteiger partial charge in [0.25, 0.3) is 0 Å². The van der Waals surface area contributed by atoms with Crippen molar-refractivity contribution in [3.05, 3.63) is 34.8 Å². The van der Waals surface area contributed by atoms with Crippen molar-refractivity contribution in [3.63, 3.8) is 0 Å². The summed E-state index contributed by atoms with van der Waals surface area (Å²) in [5.74, 6) is -0.115. The Balaban J connectivity index is 2.37. The molecule has 0 saturated heterocycles. The Morgan fingerprint density at radius 1 is 1.44 bits per heavy atom. The molecule has 1 amide bonds. The third kappa shape index (κ3) is 2.62. The van der Waals surface area contributed by atoms with Crippen LogP contribution in [0.15, 0.2) is 24.3 Å². The van der Waals surface area contributed by atoms with Crippen LogP contribution in [0, 0.1) is 6.92 Å². The van der Waals surface area contributed by atoms with Crippen molar-refractivity contribution in [2.75, 3.05) is 5.32 Å². The van der Waals surface area contributed by atoms with E-state index in [1.807, 2.05) is 31.2 Å². The molecule has 4 nitrogen and oxygen atoms in total. The number of benzene rings is 1. The van der Waals surface area contributed by atoms with Gasteiger partial charge in [0.15, 0.2) is 6.29 Å². The lowest BCUT2D eigenvalue weighted by Gasteiger charge is -2.03. The Morgan fingerprint density at radius 3 is 2.83 bits per heavy atom. The highest BCUT2D eigenvalue weighted by molar-refractivity contribution is 7.15. The summed E-state index contributed by atoms with van der Waals surface area (Å²) >= 11 is 1.46. The molecule has 1 aromatic carbocycles. The summed E-state index contributed by atoms with van der Waals surface area (Å²) < 4.78 is 0. The lowest BCUT2D eigenvalue weighted by atomic mass is 10.2. The van der Waals surface area contributed by atoms with Crippen molar-refractivity contribution in [3.8, 4) is 10.6 Å². The molecule has 1 heterocycles. The second-order valence-electron chi connectivity index (χ2n) is 3.84. The maximum atomic E-state index is 11.0. The van der Waals surface area contributed by atoms with Crippen LogP contribution >= 0.6 is 11.3 Å². The molecular formula is C13H12N2O2S. The number of aldehydes is 1. The molecule has 2 aromatic rings. The van der Waals surface area contributed by atoms with Crippen LogP contribution in [-0.2, 0) is 4.79 Å². The number of nitrogens with one attached hydrogen (secondary N) is 1. The van der Waals surface area contributed by atoms with Crippen LogP contribution in [0.1, 0.15) is 22.3 Å². The maximum absolute atomic E-state index is 11.0. The minimum Gasteiger partial charge on any atom is -0.326 e. The predicted octanol–water partition coefficient (Wildman–Crippen LogP) is 2.89. The summed E-state index contributed by atoms with van der Waals surface area (Å²) in [6.45, 7) is 3.33. The van der Waals surface area contributed by atoms with Gasteiger partial charge in [0.1, 0.15) is 10.7 Å². The highest BCUT2D eigenvalue weighted by Crippen LogP contribution is 2.28. The van der Waals surface area contributed by atoms with Gasteiger partial charge in [-0.2, -0.15) is 0 Å². The molecule has 0 radical (unpaired) electrons. The maximum Gasteiger partial charge on any atom is 0.221 e. The summed E-state index contributed by atoms with van der Waals surface area (Å²) in [7, 11) is 0. The third-order valence-electron chi connectivity index (χ3n) is 2.37. The van der Waals surface area contributed by atoms with Gasteiger partial charge in [0, 0.05) is 23.1 Å². The van der Waals surface area contributed by atoms with E-state index in [2.05, 4.69) is 10.3 Å². The molecular weight excluding hydrogens is 248 g/mol. The number of carbonyl (C=O) groups excluding carboxylic acids is 2. The molecule has 0 atom stereocenters. The zero-order valence-electron chi connectivity index (χ0n) is 10.1. The minimum atomic E-state index is -0.115. The summed E-state index contributed by atoms with van der Waals surface area (Å²) in [6.07, 6.45) is 0.757. The first-order valence-electron chi connectivity index (χ1n) is 5.41. The van der Waals surface area contributed by atoms with E-state index in [1.54, 1.807) is 0 Å². The molecule has 0 fully saturated rings. The minimum absolute atomic E-state index is 0.115. The molecule has 1 N–H and O–H groups in total. The van der Waals surface area contributed by atoms with Gasteiger partial charge in [-0.1, -0.05) is 12.1 Å². The Kier molecular flexibility index (Phi) is 3.53. The smallest absolute Gasteiger partial charge is 0.221 e. The van der Waals surface area contributed by atoms with Crippen molar-refractivity contribution >= 4 is 29.2 Å². The van der Waals surface area contributed by atoms with Crippen molar-refractivity contribution in [1.29, 1.82) is 0 Å². The monoisotopic (exact) mass is 260 g/mol. The fourth-order valence-electron chi connectivity index (χ4n) is 1.57. The lowest BCUT2D eigenvalue weighted by molar-refractivity contribution is -0.114. The molecule has 0 bridgehead atoms. The number of hydrogen-bond donors (Lipinski definition) is 1. The van der Waals surface area contributed by atoms with Crippen LogP contribution in [0.25, 0.3) is 10.6 Å². The Hall–Kier alpha value is -2.01. The molecule has 0 aliphatic heterocycles. The van der Waals surface area contributed by atoms with Crippen LogP contribution in [0.5, 0.6) is 0 Å². The van der Waals surface area contributed by atoms with Crippen LogP contribution in [0.3, 0.4) is 0 Å². The Bertz CT molecular complexity index is 605. The number of hydrogen-bond acceptors (Lipinski definition) is 4. The predicted molar refractivity (Wildman–Crippen MR) is 72.0 cm³/mol. The second kappa shape index (κ2) is 5.10. The van der Waals surface area contributed by atoms with E-state index in [1.165, 1.54) is 18.3 Å². The first-order chi connectivity index (χ1) is 8.60. The van der Waals surface area contributed by atoms with Gasteiger partial charge >= 0.3 is 0 Å². The quantitative estimate of drug-likeness (QED) is 0.863. The van der Waals surface area contributed by atoms with E-state index in [0.717, 1.165) is 27.4 Å². The van der Waals surface area contributed by atoms with E-state index in [9.17, 15) is 9.59 Å². The van der Waals surface area contributed by atoms with Crippen LogP contribution in [0.4, 0.5) is 5.69 Å². The summed E-state index contributed by atoms with van der Waals surface area (Å²) in [6, 6.07) is 7.40. The fourth-order valence-corrected chi connectivity index (χ4v) is 2.45. The van der Waals surface area contributed by atoms with Gasteiger partial charge < -0.3 is 5.32 Å². The van der Waals surface area contributed by atoms with Crippen LogP contribution in [0.2, 0.25) is 0 Å². The van der Waals surface area contributed by atoms with Crippen molar-refractivity contribution in [1.82, 2.24) is 4.98 Å². The largest absolute Gasteiger partial charge is 0.326 e. The summed E-state index contributed by atoms with van der Waals surface area (Å²) in [5, 5.41) is 3.50. The number of aryl methyl sites for hydroxylation is 1. The molecule has 0 unspecified atom stereocenters. The lowest BCUT2D eigenvalue weighted by Crippen LogP contribution is -2.05. The molecule has 0 saturated carbocycles. The first-order valence-corrected chi connectivity index (χ1v) is 6.22. The van der Waals surface area contributed by atoms with Crippen molar-refractivity contribution < 1.29 is 9.59 Å². The molecule has 5 heteroatoms. The van der Waals surface area contributed by atoms with Gasteiger partial charge in [-0.05, 0) is 19.1 Å². The molecule has 18 heavy (non-hydrogen) atoms. The number of carbonyl (C=O) groups is 2. The first kappa shape index (κ1) is 12.4. The molecule has 0 spiro atoms. The number of thiazole rings is 1. The van der Waals surface area contributed by atoms with Gasteiger partial charge in [-0.3, -0.25) is 9.59 Å². The van der Waals surface area contributed by atoms with Gasteiger partial charge in [-0.25, -0.2) is 4.98 Å². The van der Waals surface area contributed by atoms with E-state index >= 15 is 0 Å². The molecule has 0 aliphatic rings. The highest BCUT2D eigenvalue weighted by atomic mass is 32.1. The standard InChI is InChI=1S/C13H12N2O2S/c1-8-12(7-16)15-13(18-8)10-4-3-5-11(6-10)14-9(2)17/h3-7H,1-2H3,(H,14,17). The van der Waals surface area contributed by atoms with Crippen LogP contribution in [-0.4, -0.2) is 17.2 Å². The van der Waals surface area contributed by atoms with Crippen molar-refractivity contribution in [2.24, 2.45) is 0 Å². The van der Waals surface area contributed by atoms with E-state index in [4.69, 9.17) is 0 Å². The average molecular weight is 260 g/mol. The third-order valence-corrected chi connectivity index (χ3v) is 3.41. The number of amides is 1. The van der Waals surface area contributed by atoms with E-state index < -0.39 is 0 Å². The number of nitrogens with zero attached hydrogens (tertiary/aromatic N) is 1. The van der Waals surface area contributed by atoms with E-state index in [0.29, 0.717) is 5.69 Å². The van der Waals surface area contributed by atoms with Gasteiger partial charge in [0.05, 0.1) is 0 Å². The summed E-state index contributed by atoms with van der Waals surface area (Å²) in [4.78, 5) is 26.9. The number of aromatic nitrogens is 1. The topological polar surface area (TPSA) is 59.1 Å². The molecule has 0 aliphatic carbocycles. The summed E-state index contributed by atoms with van der Waals surface area (Å²) in [5.41, 5.74) is 2.09. The molecule has 2 rings (SSSR count). The fraction of sp³-hybridized carbons (Fsp3) is 0.154. The molecule has 1 aromatic heterocycles. The molecule has 92 valence electrons. The second-order valence-corrected chi connectivity index (χ2v) is 5.04. The van der Waals surface area contributed by atoms with Gasteiger partial charge in [0.2, 0.25) is 5.91 Å². The average Bonchev–Trinajstić information content (AvgIpc) is 2.70. The zero-order valence-corrected chi connectivity index (χ0v) is 10.9. The van der Waals surface area contributed by atoms with Gasteiger partial charge in [-0.15, -0.1) is 11.3 Å². The van der Waals surface area contributed by atoms with Crippen LogP contribution < -0.4 is 5.32 Å². The Labute approximate surface area is 109 Å². The van der Waals surface area contributed by atoms with Crippen molar-refractivity contribution in [2.45, 2.75) is 13.8 Å². The zero-order chi connectivity index (χ0) is 13.1.